The summed E-state index contributed by atoms with van der Waals surface area (Å²) < 4.78 is 21.3. The summed E-state index contributed by atoms with van der Waals surface area (Å²) in [7, 11) is 0. The second-order valence-electron chi connectivity index (χ2n) is 4.76. The van der Waals surface area contributed by atoms with Gasteiger partial charge in [-0.3, -0.25) is 9.36 Å². The maximum atomic E-state index is 14.1. The number of rotatable bonds is 2. The van der Waals surface area contributed by atoms with Crippen molar-refractivity contribution in [3.05, 3.63) is 57.2 Å². The molecular formula is C15H15BrFN2O2+. The molecule has 0 saturated carbocycles. The summed E-state index contributed by atoms with van der Waals surface area (Å²) >= 11 is 3.21. The van der Waals surface area contributed by atoms with Crippen LogP contribution in [0.3, 0.4) is 0 Å². The molecule has 6 heteroatoms. The molecule has 1 aliphatic rings. The normalized spacial score (nSPS) is 15.2. The first-order valence-electron chi connectivity index (χ1n) is 6.66. The summed E-state index contributed by atoms with van der Waals surface area (Å²) in [6.07, 6.45) is 1.58. The lowest BCUT2D eigenvalue weighted by molar-refractivity contribution is 0.122. The molecule has 0 unspecified atom stereocenters. The Bertz CT molecular complexity index is 717. The fraction of sp³-hybridized carbons (Fsp3) is 0.267. The standard InChI is InChI=1S/C15H14BrFN2O2/c16-11-3-4-13(12(17)10-11)19-5-1-2-14(15(19)20)18-6-8-21-9-7-18/h1-5,10H,6-9H2/p+1. The van der Waals surface area contributed by atoms with E-state index in [0.717, 1.165) is 0 Å². The van der Waals surface area contributed by atoms with Crippen LogP contribution >= 0.6 is 15.9 Å². The Balaban J connectivity index is 0.00000176. The lowest BCUT2D eigenvalue weighted by Crippen LogP contribution is -2.40. The smallest absolute Gasteiger partial charge is 0.378 e. The van der Waals surface area contributed by atoms with E-state index in [4.69, 9.17) is 4.74 Å². The Hall–Kier alpha value is -1.66. The van der Waals surface area contributed by atoms with Gasteiger partial charge in [0, 0.05) is 23.8 Å². The molecule has 3 rings (SSSR count). The van der Waals surface area contributed by atoms with E-state index >= 15 is 0 Å². The molecule has 0 N–H and O–H groups in total. The predicted molar refractivity (Wildman–Crippen MR) is 83.8 cm³/mol. The van der Waals surface area contributed by atoms with Crippen LogP contribution in [0.5, 0.6) is 0 Å². The molecule has 1 aromatic carbocycles. The van der Waals surface area contributed by atoms with Crippen molar-refractivity contribution in [2.45, 2.75) is 0 Å². The summed E-state index contributed by atoms with van der Waals surface area (Å²) in [5.74, 6) is -0.439. The molecule has 1 aromatic heterocycles. The van der Waals surface area contributed by atoms with Crippen LogP contribution < -0.4 is 10.5 Å². The fourth-order valence-electron chi connectivity index (χ4n) is 2.39. The lowest BCUT2D eigenvalue weighted by atomic mass is 10.2. The van der Waals surface area contributed by atoms with Gasteiger partial charge in [-0.2, -0.15) is 0 Å². The van der Waals surface area contributed by atoms with Gasteiger partial charge in [0.05, 0.1) is 18.9 Å². The van der Waals surface area contributed by atoms with Crippen LogP contribution in [0, 0.1) is 5.82 Å². The molecule has 0 spiro atoms. The van der Waals surface area contributed by atoms with Crippen LogP contribution in [0.1, 0.15) is 1.43 Å². The van der Waals surface area contributed by atoms with Gasteiger partial charge in [0.1, 0.15) is 11.5 Å². The van der Waals surface area contributed by atoms with Gasteiger partial charge in [0.15, 0.2) is 0 Å². The second kappa shape index (κ2) is 5.99. The molecule has 1 aliphatic heterocycles. The third-order valence-electron chi connectivity index (χ3n) is 3.45. The zero-order valence-corrected chi connectivity index (χ0v) is 12.8. The minimum atomic E-state index is -0.439. The fourth-order valence-corrected chi connectivity index (χ4v) is 2.73. The summed E-state index contributed by atoms with van der Waals surface area (Å²) in [6, 6.07) is 8.17. The molecule has 0 radical (unpaired) electrons. The highest BCUT2D eigenvalue weighted by molar-refractivity contribution is 9.10. The average Bonchev–Trinajstić information content (AvgIpc) is 2.49. The zero-order chi connectivity index (χ0) is 14.8. The Labute approximate surface area is 131 Å². The van der Waals surface area contributed by atoms with Crippen LogP contribution in [0.2, 0.25) is 0 Å². The zero-order valence-electron chi connectivity index (χ0n) is 12.3. The summed E-state index contributed by atoms with van der Waals surface area (Å²) in [4.78, 5) is 14.6. The Morgan fingerprint density at radius 1 is 1.19 bits per heavy atom. The van der Waals surface area contributed by atoms with E-state index in [1.807, 2.05) is 4.90 Å². The third-order valence-corrected chi connectivity index (χ3v) is 3.94. The number of ether oxygens (including phenoxy) is 1. The first-order valence-corrected chi connectivity index (χ1v) is 7.46. The molecule has 0 atom stereocenters. The van der Waals surface area contributed by atoms with Crippen molar-refractivity contribution >= 4 is 21.6 Å². The highest BCUT2D eigenvalue weighted by Gasteiger charge is 2.16. The van der Waals surface area contributed by atoms with Gasteiger partial charge in [-0.1, -0.05) is 15.9 Å². The van der Waals surface area contributed by atoms with Gasteiger partial charge in [0.2, 0.25) is 0 Å². The minimum Gasteiger partial charge on any atom is -0.378 e. The number of anilines is 1. The SMILES string of the molecule is O=c1c(N2CCOCC2)cccn1-c1ccc(Br)cc1F.[H+]. The highest BCUT2D eigenvalue weighted by atomic mass is 79.9. The molecule has 110 valence electrons. The number of nitrogens with zero attached hydrogens (tertiary/aromatic N) is 2. The Morgan fingerprint density at radius 3 is 2.67 bits per heavy atom. The van der Waals surface area contributed by atoms with E-state index < -0.39 is 5.82 Å². The van der Waals surface area contributed by atoms with E-state index in [0.29, 0.717) is 36.5 Å². The molecule has 2 aromatic rings. The molecule has 0 amide bonds. The molecule has 2 heterocycles. The van der Waals surface area contributed by atoms with Crippen LogP contribution in [0.25, 0.3) is 5.69 Å². The predicted octanol–water partition coefficient (Wildman–Crippen LogP) is 2.69. The van der Waals surface area contributed by atoms with Gasteiger partial charge in [-0.05, 0) is 30.3 Å². The molecule has 0 aliphatic carbocycles. The van der Waals surface area contributed by atoms with Gasteiger partial charge in [-0.25, -0.2) is 4.39 Å². The topological polar surface area (TPSA) is 34.5 Å². The lowest BCUT2D eigenvalue weighted by Gasteiger charge is -2.28. The van der Waals surface area contributed by atoms with Gasteiger partial charge >= 0.3 is 1.43 Å². The summed E-state index contributed by atoms with van der Waals surface area (Å²) in [6.45, 7) is 2.53. The molecular weight excluding hydrogens is 339 g/mol. The van der Waals surface area contributed by atoms with E-state index in [9.17, 15) is 9.18 Å². The Kier molecular flexibility index (Phi) is 4.07. The monoisotopic (exact) mass is 353 g/mol. The first kappa shape index (κ1) is 14.3. The first-order chi connectivity index (χ1) is 10.2. The van der Waals surface area contributed by atoms with Crippen molar-refractivity contribution in [3.8, 4) is 5.69 Å². The number of hydrogen-bond acceptors (Lipinski definition) is 3. The Morgan fingerprint density at radius 2 is 1.95 bits per heavy atom. The molecule has 4 nitrogen and oxygen atoms in total. The second-order valence-corrected chi connectivity index (χ2v) is 5.68. The van der Waals surface area contributed by atoms with Crippen LogP contribution in [0.15, 0.2) is 45.8 Å². The molecule has 0 bridgehead atoms. The highest BCUT2D eigenvalue weighted by Crippen LogP contribution is 2.19. The van der Waals surface area contributed by atoms with E-state index in [1.54, 1.807) is 30.5 Å². The van der Waals surface area contributed by atoms with Crippen molar-refractivity contribution in [2.75, 3.05) is 31.2 Å². The van der Waals surface area contributed by atoms with E-state index in [2.05, 4.69) is 15.9 Å². The molecule has 21 heavy (non-hydrogen) atoms. The molecule has 1 saturated heterocycles. The number of pyridine rings is 1. The number of hydrogen-bond donors (Lipinski definition) is 0. The van der Waals surface area contributed by atoms with Crippen molar-refractivity contribution in [1.82, 2.24) is 4.57 Å². The van der Waals surface area contributed by atoms with Crippen molar-refractivity contribution < 1.29 is 10.6 Å². The number of aromatic nitrogens is 1. The summed E-state index contributed by atoms with van der Waals surface area (Å²) in [5.41, 5.74) is 0.599. The maximum Gasteiger partial charge on any atom is 1.00 e. The van der Waals surface area contributed by atoms with E-state index in [-0.39, 0.29) is 12.7 Å². The third kappa shape index (κ3) is 2.87. The van der Waals surface area contributed by atoms with Gasteiger partial charge in [0.25, 0.3) is 5.56 Å². The number of halogens is 2. The average molecular weight is 354 g/mol. The van der Waals surface area contributed by atoms with Crippen LogP contribution in [-0.4, -0.2) is 30.9 Å². The minimum absolute atomic E-state index is 0. The largest absolute Gasteiger partial charge is 1.00 e. The number of morpholine rings is 1. The maximum absolute atomic E-state index is 14.1. The quantitative estimate of drug-likeness (QED) is 0.832. The summed E-state index contributed by atoms with van der Waals surface area (Å²) in [5, 5.41) is 0. The van der Waals surface area contributed by atoms with Gasteiger partial charge < -0.3 is 9.64 Å². The van der Waals surface area contributed by atoms with E-state index in [1.165, 1.54) is 10.6 Å². The van der Waals surface area contributed by atoms with Crippen molar-refractivity contribution in [2.24, 2.45) is 0 Å². The number of benzene rings is 1. The van der Waals surface area contributed by atoms with Gasteiger partial charge in [-0.15, -0.1) is 0 Å². The van der Waals surface area contributed by atoms with Crippen LogP contribution in [0.4, 0.5) is 10.1 Å². The van der Waals surface area contributed by atoms with Crippen LogP contribution in [-0.2, 0) is 4.74 Å². The van der Waals surface area contributed by atoms with Crippen molar-refractivity contribution in [1.29, 1.82) is 0 Å². The molecule has 1 fully saturated rings. The van der Waals surface area contributed by atoms with Crippen molar-refractivity contribution in [3.63, 3.8) is 0 Å².